The van der Waals surface area contributed by atoms with Crippen molar-refractivity contribution in [3.05, 3.63) is 102 Å². The molecule has 166 valence electrons. The highest BCUT2D eigenvalue weighted by Crippen LogP contribution is 2.29. The molecule has 0 radical (unpaired) electrons. The Kier molecular flexibility index (Phi) is 8.34. The van der Waals surface area contributed by atoms with Gasteiger partial charge in [-0.2, -0.15) is 0 Å². The molecule has 0 heterocycles. The molecule has 3 rings (SSSR count). The van der Waals surface area contributed by atoms with Gasteiger partial charge < -0.3 is 14.2 Å². The van der Waals surface area contributed by atoms with Crippen LogP contribution in [0.3, 0.4) is 0 Å². The first-order valence-corrected chi connectivity index (χ1v) is 10.9. The van der Waals surface area contributed by atoms with Gasteiger partial charge in [-0.15, -0.1) is 6.58 Å². The standard InChI is InChI=1S/C27H27ClO4/c1-4-9-25(20-10-8-13-24(18-20)30-22-11-6-5-7-12-22)32-27(29)26(19(2)3)31-23-16-14-21(28)15-17-23/h4-8,10-19,25-26H,1,9H2,2-3H3. The molecule has 3 aromatic carbocycles. The maximum Gasteiger partial charge on any atom is 0.348 e. The number of benzene rings is 3. The third kappa shape index (κ3) is 6.63. The Morgan fingerprint density at radius 1 is 0.938 bits per heavy atom. The van der Waals surface area contributed by atoms with Gasteiger partial charge in [0, 0.05) is 17.4 Å². The highest BCUT2D eigenvalue weighted by Gasteiger charge is 2.29. The van der Waals surface area contributed by atoms with Gasteiger partial charge in [0.05, 0.1) is 0 Å². The zero-order valence-corrected chi connectivity index (χ0v) is 19.0. The molecule has 0 aliphatic carbocycles. The molecule has 0 aliphatic heterocycles. The molecule has 0 saturated carbocycles. The lowest BCUT2D eigenvalue weighted by Gasteiger charge is -2.24. The SMILES string of the molecule is C=CCC(OC(=O)C(Oc1ccc(Cl)cc1)C(C)C)c1cccc(Oc2ccccc2)c1. The summed E-state index contributed by atoms with van der Waals surface area (Å²) < 4.78 is 17.7. The Morgan fingerprint density at radius 2 is 1.62 bits per heavy atom. The van der Waals surface area contributed by atoms with Crippen LogP contribution >= 0.6 is 11.6 Å². The largest absolute Gasteiger partial charge is 0.478 e. The average molecular weight is 451 g/mol. The fraction of sp³-hybridized carbons (Fsp3) is 0.222. The van der Waals surface area contributed by atoms with Crippen molar-refractivity contribution < 1.29 is 19.0 Å². The number of carbonyl (C=O) groups is 1. The molecule has 0 bridgehead atoms. The van der Waals surface area contributed by atoms with Crippen LogP contribution in [0.2, 0.25) is 5.02 Å². The van der Waals surface area contributed by atoms with E-state index in [0.717, 1.165) is 11.3 Å². The Hall–Kier alpha value is -3.24. The lowest BCUT2D eigenvalue weighted by Crippen LogP contribution is -2.35. The first-order valence-electron chi connectivity index (χ1n) is 10.5. The highest BCUT2D eigenvalue weighted by atomic mass is 35.5. The minimum absolute atomic E-state index is 0.0877. The molecular formula is C27H27ClO4. The van der Waals surface area contributed by atoms with Gasteiger partial charge in [0.25, 0.3) is 0 Å². The van der Waals surface area contributed by atoms with Crippen molar-refractivity contribution in [1.29, 1.82) is 0 Å². The monoisotopic (exact) mass is 450 g/mol. The van der Waals surface area contributed by atoms with Crippen molar-refractivity contribution in [2.45, 2.75) is 32.5 Å². The number of hydrogen-bond acceptors (Lipinski definition) is 4. The van der Waals surface area contributed by atoms with Gasteiger partial charge in [0.1, 0.15) is 23.4 Å². The van der Waals surface area contributed by atoms with Crippen LogP contribution < -0.4 is 9.47 Å². The Labute approximate surface area is 194 Å². The van der Waals surface area contributed by atoms with E-state index in [1.165, 1.54) is 0 Å². The third-order valence-corrected chi connectivity index (χ3v) is 5.01. The predicted molar refractivity (Wildman–Crippen MR) is 127 cm³/mol. The first kappa shape index (κ1) is 23.4. The minimum atomic E-state index is -0.757. The number of ether oxygens (including phenoxy) is 3. The van der Waals surface area contributed by atoms with Gasteiger partial charge in [-0.3, -0.25) is 0 Å². The number of hydrogen-bond donors (Lipinski definition) is 0. The van der Waals surface area contributed by atoms with Crippen molar-refractivity contribution in [1.82, 2.24) is 0 Å². The smallest absolute Gasteiger partial charge is 0.348 e. The second-order valence-corrected chi connectivity index (χ2v) is 8.11. The molecule has 0 amide bonds. The maximum absolute atomic E-state index is 13.1. The normalized spacial score (nSPS) is 12.6. The van der Waals surface area contributed by atoms with Crippen molar-refractivity contribution in [3.8, 4) is 17.2 Å². The Bertz CT molecular complexity index is 1020. The van der Waals surface area contributed by atoms with E-state index in [1.54, 1.807) is 30.3 Å². The van der Waals surface area contributed by atoms with Crippen LogP contribution in [-0.2, 0) is 9.53 Å². The zero-order chi connectivity index (χ0) is 22.9. The van der Waals surface area contributed by atoms with Gasteiger partial charge in [-0.1, -0.05) is 61.9 Å². The van der Waals surface area contributed by atoms with E-state index in [9.17, 15) is 4.79 Å². The van der Waals surface area contributed by atoms with Gasteiger partial charge in [-0.05, 0) is 54.1 Å². The van der Waals surface area contributed by atoms with E-state index in [2.05, 4.69) is 6.58 Å². The summed E-state index contributed by atoms with van der Waals surface area (Å²) in [7, 11) is 0. The van der Waals surface area contributed by atoms with Gasteiger partial charge in [0.2, 0.25) is 0 Å². The number of para-hydroxylation sites is 1. The Morgan fingerprint density at radius 3 is 2.28 bits per heavy atom. The van der Waals surface area contributed by atoms with Crippen LogP contribution in [0.15, 0.2) is 91.5 Å². The van der Waals surface area contributed by atoms with E-state index in [0.29, 0.717) is 22.9 Å². The molecule has 0 spiro atoms. The summed E-state index contributed by atoms with van der Waals surface area (Å²) in [5.41, 5.74) is 0.820. The number of esters is 1. The average Bonchev–Trinajstić information content (AvgIpc) is 2.79. The van der Waals surface area contributed by atoms with Crippen molar-refractivity contribution in [3.63, 3.8) is 0 Å². The molecule has 0 aliphatic rings. The highest BCUT2D eigenvalue weighted by molar-refractivity contribution is 6.30. The fourth-order valence-electron chi connectivity index (χ4n) is 3.13. The Balaban J connectivity index is 1.75. The van der Waals surface area contributed by atoms with E-state index in [-0.39, 0.29) is 5.92 Å². The predicted octanol–water partition coefficient (Wildman–Crippen LogP) is 7.40. The summed E-state index contributed by atoms with van der Waals surface area (Å²) in [6, 6.07) is 23.9. The molecule has 2 unspecified atom stereocenters. The lowest BCUT2D eigenvalue weighted by molar-refractivity contribution is -0.160. The fourth-order valence-corrected chi connectivity index (χ4v) is 3.26. The molecule has 0 N–H and O–H groups in total. The van der Waals surface area contributed by atoms with Crippen LogP contribution in [-0.4, -0.2) is 12.1 Å². The molecule has 32 heavy (non-hydrogen) atoms. The first-order chi connectivity index (χ1) is 15.5. The summed E-state index contributed by atoms with van der Waals surface area (Å²) in [5, 5.41) is 0.602. The summed E-state index contributed by atoms with van der Waals surface area (Å²) in [5.74, 6) is 1.44. The van der Waals surface area contributed by atoms with Crippen LogP contribution in [0.5, 0.6) is 17.2 Å². The van der Waals surface area contributed by atoms with Crippen LogP contribution in [0.4, 0.5) is 0 Å². The van der Waals surface area contributed by atoms with Gasteiger partial charge >= 0.3 is 5.97 Å². The summed E-state index contributed by atoms with van der Waals surface area (Å²) in [6.45, 7) is 7.64. The molecular weight excluding hydrogens is 424 g/mol. The summed E-state index contributed by atoms with van der Waals surface area (Å²) in [4.78, 5) is 13.1. The second-order valence-electron chi connectivity index (χ2n) is 7.67. The van der Waals surface area contributed by atoms with Crippen LogP contribution in [0, 0.1) is 5.92 Å². The molecule has 5 heteroatoms. The molecule has 0 fully saturated rings. The number of rotatable bonds is 10. The maximum atomic E-state index is 13.1. The van der Waals surface area contributed by atoms with Crippen molar-refractivity contribution >= 4 is 17.6 Å². The topological polar surface area (TPSA) is 44.8 Å². The molecule has 2 atom stereocenters. The molecule has 4 nitrogen and oxygen atoms in total. The summed E-state index contributed by atoms with van der Waals surface area (Å²) in [6.07, 6.45) is 0.931. The lowest BCUT2D eigenvalue weighted by atomic mass is 10.0. The number of carbonyl (C=O) groups excluding carboxylic acids is 1. The van der Waals surface area contributed by atoms with E-state index in [4.69, 9.17) is 25.8 Å². The minimum Gasteiger partial charge on any atom is -0.478 e. The van der Waals surface area contributed by atoms with Crippen molar-refractivity contribution in [2.24, 2.45) is 5.92 Å². The molecule has 0 saturated heterocycles. The van der Waals surface area contributed by atoms with Gasteiger partial charge in [-0.25, -0.2) is 4.79 Å². The van der Waals surface area contributed by atoms with Gasteiger partial charge in [0.15, 0.2) is 6.10 Å². The van der Waals surface area contributed by atoms with E-state index >= 15 is 0 Å². The zero-order valence-electron chi connectivity index (χ0n) is 18.2. The third-order valence-electron chi connectivity index (χ3n) is 4.76. The van der Waals surface area contributed by atoms with Crippen LogP contribution in [0.25, 0.3) is 0 Å². The molecule has 0 aromatic heterocycles. The summed E-state index contributed by atoms with van der Waals surface area (Å²) >= 11 is 5.94. The number of halogens is 1. The second kappa shape index (κ2) is 11.4. The quantitative estimate of drug-likeness (QED) is 0.238. The van der Waals surface area contributed by atoms with Crippen LogP contribution in [0.1, 0.15) is 31.9 Å². The van der Waals surface area contributed by atoms with Crippen molar-refractivity contribution in [2.75, 3.05) is 0 Å². The molecule has 3 aromatic rings. The van der Waals surface area contributed by atoms with E-state index < -0.39 is 18.2 Å². The van der Waals surface area contributed by atoms with E-state index in [1.807, 2.05) is 68.4 Å².